The number of nitro groups is 1. The number of nitrogens with zero attached hydrogens (tertiary/aromatic N) is 1. The SMILES string of the molecule is CC[C@H](N)c1ccc(Br)cc1[N+](=O)[O-]. The Balaban J connectivity index is 3.21. The normalized spacial score (nSPS) is 12.5. The first kappa shape index (κ1) is 11.1. The van der Waals surface area contributed by atoms with Gasteiger partial charge in [0.15, 0.2) is 0 Å². The van der Waals surface area contributed by atoms with Crippen LogP contribution in [0.3, 0.4) is 0 Å². The summed E-state index contributed by atoms with van der Waals surface area (Å²) in [5, 5.41) is 10.7. The molecule has 0 amide bonds. The van der Waals surface area contributed by atoms with Gasteiger partial charge in [0.2, 0.25) is 0 Å². The van der Waals surface area contributed by atoms with Crippen LogP contribution in [0.25, 0.3) is 0 Å². The number of nitro benzene ring substituents is 1. The van der Waals surface area contributed by atoms with Gasteiger partial charge in [0, 0.05) is 22.1 Å². The molecule has 5 heteroatoms. The lowest BCUT2D eigenvalue weighted by molar-refractivity contribution is -0.385. The largest absolute Gasteiger partial charge is 0.324 e. The first-order chi connectivity index (χ1) is 6.56. The summed E-state index contributed by atoms with van der Waals surface area (Å²) in [5.41, 5.74) is 6.42. The molecule has 0 aliphatic heterocycles. The van der Waals surface area contributed by atoms with E-state index in [0.717, 1.165) is 0 Å². The van der Waals surface area contributed by atoms with E-state index >= 15 is 0 Å². The summed E-state index contributed by atoms with van der Waals surface area (Å²) in [6.45, 7) is 1.90. The molecular formula is C9H11BrN2O2. The van der Waals surface area contributed by atoms with Crippen molar-refractivity contribution >= 4 is 21.6 Å². The Morgan fingerprint density at radius 1 is 1.64 bits per heavy atom. The Hall–Kier alpha value is -0.940. The predicted octanol–water partition coefficient (Wildman–Crippen LogP) is 2.77. The van der Waals surface area contributed by atoms with Gasteiger partial charge >= 0.3 is 0 Å². The van der Waals surface area contributed by atoms with Crippen molar-refractivity contribution in [2.75, 3.05) is 0 Å². The standard InChI is InChI=1S/C9H11BrN2O2/c1-2-8(11)7-4-3-6(10)5-9(7)12(13)14/h3-5,8H,2,11H2,1H3/t8-/m0/s1. The van der Waals surface area contributed by atoms with Crippen molar-refractivity contribution in [2.45, 2.75) is 19.4 Å². The summed E-state index contributed by atoms with van der Waals surface area (Å²) in [6.07, 6.45) is 0.683. The molecular weight excluding hydrogens is 248 g/mol. The number of benzene rings is 1. The van der Waals surface area contributed by atoms with Gasteiger partial charge in [-0.2, -0.15) is 0 Å². The quantitative estimate of drug-likeness (QED) is 0.670. The molecule has 0 aromatic heterocycles. The molecule has 4 nitrogen and oxygen atoms in total. The van der Waals surface area contributed by atoms with Crippen LogP contribution in [0.1, 0.15) is 24.9 Å². The molecule has 76 valence electrons. The van der Waals surface area contributed by atoms with E-state index in [1.807, 2.05) is 6.92 Å². The van der Waals surface area contributed by atoms with E-state index in [9.17, 15) is 10.1 Å². The number of halogens is 1. The van der Waals surface area contributed by atoms with Crippen molar-refractivity contribution in [3.05, 3.63) is 38.3 Å². The Bertz CT molecular complexity index is 355. The summed E-state index contributed by atoms with van der Waals surface area (Å²) < 4.78 is 0.691. The van der Waals surface area contributed by atoms with Gasteiger partial charge in [0.1, 0.15) is 0 Å². The predicted molar refractivity (Wildman–Crippen MR) is 58.0 cm³/mol. The zero-order valence-electron chi connectivity index (χ0n) is 7.74. The molecule has 1 rings (SSSR count). The molecule has 0 bridgehead atoms. The number of hydrogen-bond acceptors (Lipinski definition) is 3. The van der Waals surface area contributed by atoms with Crippen molar-refractivity contribution in [3.8, 4) is 0 Å². The van der Waals surface area contributed by atoms with Gasteiger partial charge < -0.3 is 5.73 Å². The van der Waals surface area contributed by atoms with Crippen LogP contribution in [0.2, 0.25) is 0 Å². The lowest BCUT2D eigenvalue weighted by Gasteiger charge is -2.09. The van der Waals surface area contributed by atoms with E-state index in [-0.39, 0.29) is 11.7 Å². The Labute approximate surface area is 90.4 Å². The van der Waals surface area contributed by atoms with E-state index in [2.05, 4.69) is 15.9 Å². The fourth-order valence-corrected chi connectivity index (χ4v) is 1.56. The van der Waals surface area contributed by atoms with Crippen LogP contribution < -0.4 is 5.73 Å². The minimum atomic E-state index is -0.407. The Morgan fingerprint density at radius 2 is 2.29 bits per heavy atom. The molecule has 0 aliphatic rings. The maximum Gasteiger partial charge on any atom is 0.275 e. The topological polar surface area (TPSA) is 69.2 Å². The monoisotopic (exact) mass is 258 g/mol. The van der Waals surface area contributed by atoms with Crippen LogP contribution in [-0.4, -0.2) is 4.92 Å². The van der Waals surface area contributed by atoms with Gasteiger partial charge in [-0.3, -0.25) is 10.1 Å². The molecule has 14 heavy (non-hydrogen) atoms. The van der Waals surface area contributed by atoms with E-state index in [1.54, 1.807) is 12.1 Å². The second-order valence-corrected chi connectivity index (χ2v) is 3.89. The van der Waals surface area contributed by atoms with Crippen LogP contribution in [-0.2, 0) is 0 Å². The molecule has 0 aliphatic carbocycles. The highest BCUT2D eigenvalue weighted by atomic mass is 79.9. The highest BCUT2D eigenvalue weighted by molar-refractivity contribution is 9.10. The van der Waals surface area contributed by atoms with Gasteiger partial charge in [0.25, 0.3) is 5.69 Å². The van der Waals surface area contributed by atoms with Gasteiger partial charge in [-0.15, -0.1) is 0 Å². The number of hydrogen-bond donors (Lipinski definition) is 1. The number of nitrogens with two attached hydrogens (primary N) is 1. The zero-order chi connectivity index (χ0) is 10.7. The molecule has 0 fully saturated rings. The maximum atomic E-state index is 10.7. The summed E-state index contributed by atoms with van der Waals surface area (Å²) in [5.74, 6) is 0. The fourth-order valence-electron chi connectivity index (χ4n) is 1.21. The summed E-state index contributed by atoms with van der Waals surface area (Å²) in [6, 6.07) is 4.66. The molecule has 0 spiro atoms. The average molecular weight is 259 g/mol. The molecule has 1 aromatic rings. The lowest BCUT2D eigenvalue weighted by Crippen LogP contribution is -2.10. The second-order valence-electron chi connectivity index (χ2n) is 2.97. The zero-order valence-corrected chi connectivity index (χ0v) is 9.32. The minimum Gasteiger partial charge on any atom is -0.324 e. The second kappa shape index (κ2) is 4.52. The molecule has 0 heterocycles. The molecule has 0 unspecified atom stereocenters. The molecule has 0 radical (unpaired) electrons. The summed E-state index contributed by atoms with van der Waals surface area (Å²) in [4.78, 5) is 10.3. The third-order valence-electron chi connectivity index (χ3n) is 2.03. The molecule has 0 saturated carbocycles. The van der Waals surface area contributed by atoms with Crippen molar-refractivity contribution in [1.29, 1.82) is 0 Å². The molecule has 0 saturated heterocycles. The van der Waals surface area contributed by atoms with E-state index in [0.29, 0.717) is 16.5 Å². The van der Waals surface area contributed by atoms with Crippen LogP contribution in [0, 0.1) is 10.1 Å². The van der Waals surface area contributed by atoms with E-state index in [4.69, 9.17) is 5.73 Å². The van der Waals surface area contributed by atoms with E-state index in [1.165, 1.54) is 6.07 Å². The fraction of sp³-hybridized carbons (Fsp3) is 0.333. The van der Waals surface area contributed by atoms with Gasteiger partial charge in [-0.25, -0.2) is 0 Å². The Kier molecular flexibility index (Phi) is 3.60. The van der Waals surface area contributed by atoms with Crippen molar-refractivity contribution in [2.24, 2.45) is 5.73 Å². The average Bonchev–Trinajstić information content (AvgIpc) is 2.16. The van der Waals surface area contributed by atoms with Crippen LogP contribution in [0.4, 0.5) is 5.69 Å². The van der Waals surface area contributed by atoms with Crippen molar-refractivity contribution < 1.29 is 4.92 Å². The van der Waals surface area contributed by atoms with Crippen LogP contribution >= 0.6 is 15.9 Å². The highest BCUT2D eigenvalue weighted by Crippen LogP contribution is 2.28. The maximum absolute atomic E-state index is 10.7. The number of rotatable bonds is 3. The molecule has 1 atom stereocenters. The van der Waals surface area contributed by atoms with Crippen molar-refractivity contribution in [3.63, 3.8) is 0 Å². The summed E-state index contributed by atoms with van der Waals surface area (Å²) in [7, 11) is 0. The Morgan fingerprint density at radius 3 is 2.79 bits per heavy atom. The third kappa shape index (κ3) is 2.30. The first-order valence-corrected chi connectivity index (χ1v) is 5.05. The van der Waals surface area contributed by atoms with Gasteiger partial charge in [-0.1, -0.05) is 22.9 Å². The highest BCUT2D eigenvalue weighted by Gasteiger charge is 2.18. The molecule has 2 N–H and O–H groups in total. The van der Waals surface area contributed by atoms with Gasteiger partial charge in [-0.05, 0) is 18.6 Å². The smallest absolute Gasteiger partial charge is 0.275 e. The van der Waals surface area contributed by atoms with E-state index < -0.39 is 4.92 Å². The van der Waals surface area contributed by atoms with Gasteiger partial charge in [0.05, 0.1) is 4.92 Å². The minimum absolute atomic E-state index is 0.0775. The molecule has 1 aromatic carbocycles. The third-order valence-corrected chi connectivity index (χ3v) is 2.52. The summed E-state index contributed by atoms with van der Waals surface area (Å²) >= 11 is 3.19. The van der Waals surface area contributed by atoms with Crippen LogP contribution in [0.15, 0.2) is 22.7 Å². The van der Waals surface area contributed by atoms with Crippen molar-refractivity contribution in [1.82, 2.24) is 0 Å². The first-order valence-electron chi connectivity index (χ1n) is 4.25. The lowest BCUT2D eigenvalue weighted by atomic mass is 10.0. The van der Waals surface area contributed by atoms with Crippen LogP contribution in [0.5, 0.6) is 0 Å².